The highest BCUT2D eigenvalue weighted by atomic mass is 35.5. The van der Waals surface area contributed by atoms with Crippen LogP contribution in [0, 0.1) is 11.7 Å². The van der Waals surface area contributed by atoms with Gasteiger partial charge in [-0.25, -0.2) is 4.39 Å². The molecule has 3 nitrogen and oxygen atoms in total. The van der Waals surface area contributed by atoms with Crippen LogP contribution in [-0.2, 0) is 0 Å². The zero-order valence-electron chi connectivity index (χ0n) is 15.8. The molecule has 1 fully saturated rings. The third kappa shape index (κ3) is 4.50. The number of nitrogens with one attached hydrogen (secondary N) is 1. The summed E-state index contributed by atoms with van der Waals surface area (Å²) in [5.41, 5.74) is 1.17. The third-order valence-corrected chi connectivity index (χ3v) is 5.78. The largest absolute Gasteiger partial charge is 0.349 e. The van der Waals surface area contributed by atoms with Gasteiger partial charge in [0.05, 0.1) is 5.56 Å². The Labute approximate surface area is 165 Å². The Morgan fingerprint density at radius 3 is 2.48 bits per heavy atom. The molecule has 1 aliphatic carbocycles. The van der Waals surface area contributed by atoms with Gasteiger partial charge < -0.3 is 10.2 Å². The van der Waals surface area contributed by atoms with E-state index in [9.17, 15) is 9.18 Å². The lowest BCUT2D eigenvalue weighted by Gasteiger charge is -2.41. The van der Waals surface area contributed by atoms with Gasteiger partial charge in [0.15, 0.2) is 0 Å². The molecule has 0 bridgehead atoms. The maximum atomic E-state index is 14.0. The molecule has 1 N–H and O–H groups in total. The number of carbonyl (C=O) groups is 1. The summed E-state index contributed by atoms with van der Waals surface area (Å²) in [6.07, 6.45) is 4.06. The van der Waals surface area contributed by atoms with Crippen molar-refractivity contribution in [1.82, 2.24) is 10.2 Å². The predicted molar refractivity (Wildman–Crippen MR) is 107 cm³/mol. The molecule has 3 atom stereocenters. The summed E-state index contributed by atoms with van der Waals surface area (Å²) >= 11 is 6.49. The Balaban J connectivity index is 1.86. The number of hydrogen-bond donors (Lipinski definition) is 1. The number of rotatable bonds is 5. The van der Waals surface area contributed by atoms with Crippen molar-refractivity contribution in [3.05, 3.63) is 70.5 Å². The van der Waals surface area contributed by atoms with Crippen LogP contribution in [0.25, 0.3) is 0 Å². The monoisotopic (exact) mass is 388 g/mol. The first kappa shape index (κ1) is 19.8. The Kier molecular flexibility index (Phi) is 6.51. The summed E-state index contributed by atoms with van der Waals surface area (Å²) < 4.78 is 14.0. The molecule has 1 amide bonds. The maximum absolute atomic E-state index is 14.0. The first-order chi connectivity index (χ1) is 13.0. The SMILES string of the molecule is CN(C)C(c1ccccc1Cl)C1CCCCC1NC(=O)c1ccccc1F. The second-order valence-corrected chi connectivity index (χ2v) is 7.85. The molecule has 5 heteroatoms. The van der Waals surface area contributed by atoms with E-state index >= 15 is 0 Å². The van der Waals surface area contributed by atoms with Crippen molar-refractivity contribution < 1.29 is 9.18 Å². The van der Waals surface area contributed by atoms with Crippen molar-refractivity contribution in [3.8, 4) is 0 Å². The van der Waals surface area contributed by atoms with Gasteiger partial charge in [0.1, 0.15) is 5.82 Å². The number of halogens is 2. The van der Waals surface area contributed by atoms with Crippen molar-refractivity contribution in [2.45, 2.75) is 37.8 Å². The van der Waals surface area contributed by atoms with E-state index in [0.717, 1.165) is 36.3 Å². The topological polar surface area (TPSA) is 32.3 Å². The van der Waals surface area contributed by atoms with Crippen molar-refractivity contribution in [1.29, 1.82) is 0 Å². The van der Waals surface area contributed by atoms with Crippen LogP contribution in [0.2, 0.25) is 5.02 Å². The molecule has 3 unspecified atom stereocenters. The molecular formula is C22H26ClFN2O. The van der Waals surface area contributed by atoms with Crippen molar-refractivity contribution in [2.24, 2.45) is 5.92 Å². The third-order valence-electron chi connectivity index (χ3n) is 5.44. The second-order valence-electron chi connectivity index (χ2n) is 7.44. The summed E-state index contributed by atoms with van der Waals surface area (Å²) in [6.45, 7) is 0. The van der Waals surface area contributed by atoms with Gasteiger partial charge in [-0.3, -0.25) is 4.79 Å². The fraction of sp³-hybridized carbons (Fsp3) is 0.409. The van der Waals surface area contributed by atoms with E-state index in [1.54, 1.807) is 12.1 Å². The molecule has 3 rings (SSSR count). The van der Waals surface area contributed by atoms with Crippen LogP contribution in [0.1, 0.15) is 47.6 Å². The Morgan fingerprint density at radius 2 is 1.78 bits per heavy atom. The molecule has 0 spiro atoms. The quantitative estimate of drug-likeness (QED) is 0.775. The highest BCUT2D eigenvalue weighted by Crippen LogP contribution is 2.40. The van der Waals surface area contributed by atoms with E-state index < -0.39 is 5.82 Å². The smallest absolute Gasteiger partial charge is 0.254 e. The molecule has 27 heavy (non-hydrogen) atoms. The fourth-order valence-corrected chi connectivity index (χ4v) is 4.46. The Morgan fingerprint density at radius 1 is 1.11 bits per heavy atom. The van der Waals surface area contributed by atoms with Gasteiger partial charge >= 0.3 is 0 Å². The summed E-state index contributed by atoms with van der Waals surface area (Å²) in [7, 11) is 4.08. The molecule has 1 aliphatic rings. The zero-order chi connectivity index (χ0) is 19.4. The van der Waals surface area contributed by atoms with Crippen molar-refractivity contribution in [3.63, 3.8) is 0 Å². The molecule has 0 aromatic heterocycles. The van der Waals surface area contributed by atoms with E-state index in [1.807, 2.05) is 32.3 Å². The first-order valence-corrected chi connectivity index (χ1v) is 9.83. The summed E-state index contributed by atoms with van der Waals surface area (Å²) in [6, 6.07) is 14.1. The van der Waals surface area contributed by atoms with E-state index in [4.69, 9.17) is 11.6 Å². The minimum atomic E-state index is -0.488. The number of benzene rings is 2. The van der Waals surface area contributed by atoms with E-state index in [2.05, 4.69) is 16.3 Å². The highest BCUT2D eigenvalue weighted by Gasteiger charge is 2.36. The lowest BCUT2D eigenvalue weighted by atomic mass is 9.77. The minimum absolute atomic E-state index is 0.0190. The molecule has 0 saturated heterocycles. The van der Waals surface area contributed by atoms with Crippen LogP contribution in [0.3, 0.4) is 0 Å². The van der Waals surface area contributed by atoms with E-state index in [1.165, 1.54) is 12.1 Å². The lowest BCUT2D eigenvalue weighted by molar-refractivity contribution is 0.0842. The molecule has 0 aliphatic heterocycles. The Bertz CT molecular complexity index is 795. The first-order valence-electron chi connectivity index (χ1n) is 9.45. The maximum Gasteiger partial charge on any atom is 0.254 e. The van der Waals surface area contributed by atoms with Gasteiger partial charge in [0.25, 0.3) is 5.91 Å². The highest BCUT2D eigenvalue weighted by molar-refractivity contribution is 6.31. The van der Waals surface area contributed by atoms with Gasteiger partial charge in [-0.15, -0.1) is 0 Å². The Hall–Kier alpha value is -1.91. The summed E-state index contributed by atoms with van der Waals surface area (Å²) in [4.78, 5) is 14.9. The minimum Gasteiger partial charge on any atom is -0.349 e. The number of nitrogens with zero attached hydrogens (tertiary/aromatic N) is 1. The van der Waals surface area contributed by atoms with Gasteiger partial charge in [-0.05, 0) is 56.6 Å². The van der Waals surface area contributed by atoms with Crippen LogP contribution >= 0.6 is 11.6 Å². The molecule has 2 aromatic rings. The standard InChI is InChI=1S/C22H26ClFN2O/c1-26(2)21(15-9-3-6-12-18(15)23)17-11-5-8-14-20(17)25-22(27)16-10-4-7-13-19(16)24/h3-4,6-7,9-10,12-13,17,20-21H,5,8,11,14H2,1-2H3,(H,25,27). The molecule has 0 heterocycles. The average molecular weight is 389 g/mol. The zero-order valence-corrected chi connectivity index (χ0v) is 16.5. The van der Waals surface area contributed by atoms with Crippen molar-refractivity contribution >= 4 is 17.5 Å². The van der Waals surface area contributed by atoms with Crippen LogP contribution in [0.5, 0.6) is 0 Å². The molecular weight excluding hydrogens is 363 g/mol. The van der Waals surface area contributed by atoms with Crippen LogP contribution in [0.4, 0.5) is 4.39 Å². The van der Waals surface area contributed by atoms with Gasteiger partial charge in [0, 0.05) is 17.1 Å². The second kappa shape index (κ2) is 8.85. The molecule has 144 valence electrons. The molecule has 1 saturated carbocycles. The number of hydrogen-bond acceptors (Lipinski definition) is 2. The van der Waals surface area contributed by atoms with Crippen molar-refractivity contribution in [2.75, 3.05) is 14.1 Å². The molecule has 0 radical (unpaired) electrons. The normalized spacial score (nSPS) is 21.1. The van der Waals surface area contributed by atoms with Gasteiger partial charge in [-0.1, -0.05) is 54.8 Å². The van der Waals surface area contributed by atoms with Crippen LogP contribution < -0.4 is 5.32 Å². The van der Waals surface area contributed by atoms with Gasteiger partial charge in [-0.2, -0.15) is 0 Å². The number of carbonyl (C=O) groups excluding carboxylic acids is 1. The van der Waals surface area contributed by atoms with E-state index in [0.29, 0.717) is 0 Å². The van der Waals surface area contributed by atoms with E-state index in [-0.39, 0.29) is 29.5 Å². The van der Waals surface area contributed by atoms with Gasteiger partial charge in [0.2, 0.25) is 0 Å². The summed E-state index contributed by atoms with van der Waals surface area (Å²) in [5, 5.41) is 3.84. The summed E-state index contributed by atoms with van der Waals surface area (Å²) in [5.74, 6) is -0.622. The predicted octanol–water partition coefficient (Wildman–Crippen LogP) is 5.07. The number of amides is 1. The fourth-order valence-electron chi connectivity index (χ4n) is 4.21. The molecule has 2 aromatic carbocycles. The van der Waals surface area contributed by atoms with Crippen LogP contribution in [0.15, 0.2) is 48.5 Å². The van der Waals surface area contributed by atoms with Crippen LogP contribution in [-0.4, -0.2) is 30.9 Å². The average Bonchev–Trinajstić information content (AvgIpc) is 2.65. The lowest BCUT2D eigenvalue weighted by Crippen LogP contribution is -2.47.